The van der Waals surface area contributed by atoms with E-state index in [-0.39, 0.29) is 35.8 Å². The van der Waals surface area contributed by atoms with E-state index in [1.54, 1.807) is 0 Å². The highest BCUT2D eigenvalue weighted by atomic mass is 127. The van der Waals surface area contributed by atoms with Crippen LogP contribution in [0.15, 0.2) is 48.0 Å². The van der Waals surface area contributed by atoms with Crippen LogP contribution in [0.2, 0.25) is 0 Å². The van der Waals surface area contributed by atoms with E-state index in [9.17, 15) is 4.79 Å². The molecule has 0 saturated carbocycles. The average Bonchev–Trinajstić information content (AvgIpc) is 3.29. The van der Waals surface area contributed by atoms with Crippen LogP contribution in [0.25, 0.3) is 0 Å². The van der Waals surface area contributed by atoms with Gasteiger partial charge in [-0.1, -0.05) is 32.9 Å². The summed E-state index contributed by atoms with van der Waals surface area (Å²) in [4.78, 5) is 23.2. The lowest BCUT2D eigenvalue weighted by Crippen LogP contribution is -2.48. The number of guanidine groups is 1. The van der Waals surface area contributed by atoms with Gasteiger partial charge in [-0.3, -0.25) is 9.79 Å². The van der Waals surface area contributed by atoms with Gasteiger partial charge in [-0.25, -0.2) is 4.98 Å². The van der Waals surface area contributed by atoms with Crippen molar-refractivity contribution in [2.24, 2.45) is 16.8 Å². The third-order valence-corrected chi connectivity index (χ3v) is 6.04. The minimum Gasteiger partial charge on any atom is -0.352 e. The number of hydrogen-bond acceptors (Lipinski definition) is 3. The Morgan fingerprint density at radius 1 is 1.39 bits per heavy atom. The van der Waals surface area contributed by atoms with Crippen molar-refractivity contribution in [3.63, 3.8) is 0 Å². The van der Waals surface area contributed by atoms with Crippen LogP contribution in [0.1, 0.15) is 45.2 Å². The summed E-state index contributed by atoms with van der Waals surface area (Å²) in [6.07, 6.45) is 7.73. The minimum absolute atomic E-state index is 0. The predicted octanol–water partition coefficient (Wildman–Crippen LogP) is 4.14. The first-order valence-corrected chi connectivity index (χ1v) is 10.8. The lowest BCUT2D eigenvalue weighted by atomic mass is 9.93. The number of carbonyl (C=O) groups is 1. The molecule has 0 radical (unpaired) electrons. The van der Waals surface area contributed by atoms with Gasteiger partial charge in [-0.05, 0) is 36.5 Å². The van der Waals surface area contributed by atoms with Crippen LogP contribution < -0.4 is 10.6 Å². The number of anilines is 1. The van der Waals surface area contributed by atoms with Crippen LogP contribution in [0.4, 0.5) is 5.69 Å². The Hall–Kier alpha value is -2.10. The van der Waals surface area contributed by atoms with Crippen molar-refractivity contribution in [2.45, 2.75) is 46.2 Å². The summed E-state index contributed by atoms with van der Waals surface area (Å²) < 4.78 is 2.20. The van der Waals surface area contributed by atoms with Gasteiger partial charge in [0.15, 0.2) is 5.96 Å². The topological polar surface area (TPSA) is 74.6 Å². The zero-order chi connectivity index (χ0) is 21.5. The molecule has 1 aliphatic heterocycles. The van der Waals surface area contributed by atoms with Crippen LogP contribution in [0.5, 0.6) is 0 Å². The van der Waals surface area contributed by atoms with Crippen molar-refractivity contribution >= 4 is 41.5 Å². The third-order valence-electron chi connectivity index (χ3n) is 6.04. The highest BCUT2D eigenvalue weighted by Crippen LogP contribution is 2.27. The molecule has 0 aliphatic carbocycles. The summed E-state index contributed by atoms with van der Waals surface area (Å²) in [6, 6.07) is 8.38. The van der Waals surface area contributed by atoms with Gasteiger partial charge in [0, 0.05) is 50.7 Å². The van der Waals surface area contributed by atoms with Crippen molar-refractivity contribution in [3.8, 4) is 0 Å². The standard InChI is InChI=1S/C23H34N6O.HI/c1-5-17(2)22(30)27-20-8-6-7-19(13-20)14-26-23(24-4)28-11-9-18(3)21(15-28)29-12-10-25-16-29;/h6-8,10,12-13,16-18,21H,5,9,11,14-15H2,1-4H3,(H,24,26)(H,27,30);1H. The van der Waals surface area contributed by atoms with E-state index in [4.69, 9.17) is 0 Å². The zero-order valence-electron chi connectivity index (χ0n) is 18.9. The number of carbonyl (C=O) groups excluding carboxylic acids is 1. The van der Waals surface area contributed by atoms with E-state index in [1.165, 1.54) is 0 Å². The second-order valence-corrected chi connectivity index (χ2v) is 8.19. The van der Waals surface area contributed by atoms with Gasteiger partial charge < -0.3 is 20.1 Å². The fourth-order valence-electron chi connectivity index (χ4n) is 3.82. The van der Waals surface area contributed by atoms with Crippen LogP contribution in [0, 0.1) is 11.8 Å². The molecule has 7 nitrogen and oxygen atoms in total. The monoisotopic (exact) mass is 538 g/mol. The number of benzene rings is 1. The lowest BCUT2D eigenvalue weighted by molar-refractivity contribution is -0.119. The van der Waals surface area contributed by atoms with Crippen LogP contribution >= 0.6 is 24.0 Å². The number of nitrogens with one attached hydrogen (secondary N) is 2. The number of amides is 1. The highest BCUT2D eigenvalue weighted by molar-refractivity contribution is 14.0. The molecule has 2 aromatic rings. The molecule has 3 atom stereocenters. The van der Waals surface area contributed by atoms with E-state index in [0.29, 0.717) is 18.5 Å². The number of piperidine rings is 1. The third kappa shape index (κ3) is 6.69. The highest BCUT2D eigenvalue weighted by Gasteiger charge is 2.28. The van der Waals surface area contributed by atoms with Gasteiger partial charge in [-0.2, -0.15) is 0 Å². The molecule has 2 N–H and O–H groups in total. The number of likely N-dealkylation sites (tertiary alicyclic amines) is 1. The minimum atomic E-state index is 0. The maximum atomic E-state index is 12.2. The molecule has 3 unspecified atom stereocenters. The molecule has 1 saturated heterocycles. The van der Waals surface area contributed by atoms with Gasteiger partial charge in [0.25, 0.3) is 0 Å². The van der Waals surface area contributed by atoms with Crippen LogP contribution in [-0.4, -0.2) is 46.5 Å². The second kappa shape index (κ2) is 12.1. The summed E-state index contributed by atoms with van der Waals surface area (Å²) in [7, 11) is 1.83. The summed E-state index contributed by atoms with van der Waals surface area (Å²) >= 11 is 0. The molecule has 1 aromatic heterocycles. The quantitative estimate of drug-likeness (QED) is 0.330. The van der Waals surface area contributed by atoms with Gasteiger partial charge in [0.1, 0.15) is 0 Å². The summed E-state index contributed by atoms with van der Waals surface area (Å²) in [5, 5.41) is 6.50. The molecule has 1 fully saturated rings. The van der Waals surface area contributed by atoms with Crippen molar-refractivity contribution in [1.29, 1.82) is 0 Å². The van der Waals surface area contributed by atoms with E-state index in [0.717, 1.165) is 43.1 Å². The number of aromatic nitrogens is 2. The Bertz CT molecular complexity index is 854. The van der Waals surface area contributed by atoms with Crippen LogP contribution in [0.3, 0.4) is 0 Å². The lowest BCUT2D eigenvalue weighted by Gasteiger charge is -2.39. The first-order valence-electron chi connectivity index (χ1n) is 10.8. The molecule has 3 rings (SSSR count). The predicted molar refractivity (Wildman–Crippen MR) is 137 cm³/mol. The normalized spacial score (nSPS) is 20.0. The Labute approximate surface area is 202 Å². The largest absolute Gasteiger partial charge is 0.352 e. The average molecular weight is 538 g/mol. The van der Waals surface area contributed by atoms with Gasteiger partial charge in [0.2, 0.25) is 5.91 Å². The molecule has 1 aromatic carbocycles. The summed E-state index contributed by atoms with van der Waals surface area (Å²) in [6.45, 7) is 8.81. The van der Waals surface area contributed by atoms with Crippen molar-refractivity contribution in [1.82, 2.24) is 19.8 Å². The van der Waals surface area contributed by atoms with Crippen LogP contribution in [-0.2, 0) is 11.3 Å². The molecule has 2 heterocycles. The zero-order valence-corrected chi connectivity index (χ0v) is 21.2. The molecule has 8 heteroatoms. The van der Waals surface area contributed by atoms with Crippen molar-refractivity contribution in [2.75, 3.05) is 25.5 Å². The van der Waals surface area contributed by atoms with E-state index >= 15 is 0 Å². The molecule has 1 aliphatic rings. The Kier molecular flexibility index (Phi) is 9.80. The molecule has 0 spiro atoms. The van der Waals surface area contributed by atoms with Gasteiger partial charge in [-0.15, -0.1) is 24.0 Å². The fraction of sp³-hybridized carbons (Fsp3) is 0.522. The van der Waals surface area contributed by atoms with Crippen molar-refractivity contribution in [3.05, 3.63) is 48.5 Å². The molecule has 1 amide bonds. The summed E-state index contributed by atoms with van der Waals surface area (Å²) in [5.41, 5.74) is 1.94. The molecular formula is C23H35IN6O. The van der Waals surface area contributed by atoms with E-state index < -0.39 is 0 Å². The number of imidazole rings is 1. The Morgan fingerprint density at radius 2 is 2.19 bits per heavy atom. The molecular weight excluding hydrogens is 503 g/mol. The maximum absolute atomic E-state index is 12.2. The summed E-state index contributed by atoms with van der Waals surface area (Å²) in [5.74, 6) is 1.57. The van der Waals surface area contributed by atoms with Gasteiger partial charge >= 0.3 is 0 Å². The first kappa shape index (κ1) is 25.2. The number of halogens is 1. The SMILES string of the molecule is CCC(C)C(=O)Nc1cccc(CNC(=NC)N2CCC(C)C(n3ccnc3)C2)c1.I. The fourth-order valence-corrected chi connectivity index (χ4v) is 3.82. The Balaban J connectivity index is 0.00000341. The molecule has 31 heavy (non-hydrogen) atoms. The number of nitrogens with zero attached hydrogens (tertiary/aromatic N) is 4. The number of rotatable bonds is 6. The number of hydrogen-bond donors (Lipinski definition) is 2. The van der Waals surface area contributed by atoms with Gasteiger partial charge in [0.05, 0.1) is 12.4 Å². The number of aliphatic imine (C=N–C) groups is 1. The van der Waals surface area contributed by atoms with E-state index in [1.807, 2.05) is 57.8 Å². The first-order chi connectivity index (χ1) is 14.5. The van der Waals surface area contributed by atoms with Crippen molar-refractivity contribution < 1.29 is 4.79 Å². The Morgan fingerprint density at radius 3 is 2.87 bits per heavy atom. The second-order valence-electron chi connectivity index (χ2n) is 8.19. The maximum Gasteiger partial charge on any atom is 0.227 e. The molecule has 170 valence electrons. The van der Waals surface area contributed by atoms with E-state index in [2.05, 4.69) is 43.1 Å². The molecule has 0 bridgehead atoms. The smallest absolute Gasteiger partial charge is 0.227 e.